The van der Waals surface area contributed by atoms with Gasteiger partial charge in [0.1, 0.15) is 6.04 Å². The van der Waals surface area contributed by atoms with Gasteiger partial charge in [-0.2, -0.15) is 5.10 Å². The summed E-state index contributed by atoms with van der Waals surface area (Å²) in [5, 5.41) is 13.5. The molecule has 6 heterocycles. The maximum absolute atomic E-state index is 6.13. The van der Waals surface area contributed by atoms with Crippen molar-refractivity contribution >= 4 is 11.5 Å². The molecule has 1 aliphatic rings. The molecule has 1 atom stereocenters. The standard InChI is InChI=1S/C22H20N8O/c1-13-4-3-8-30-18(13)10-17(28-30)20-19-16(24-12-25-19)6-9-29(20)22-27-26-21(31-22)15-5-7-23-11-14(15)2/h3-5,7-8,10-12,20H,6,9H2,1-2H3,(H,24,25)/t20-/m1/s1. The third kappa shape index (κ3) is 2.81. The highest BCUT2D eigenvalue weighted by Crippen LogP contribution is 2.37. The van der Waals surface area contributed by atoms with Gasteiger partial charge in [0.15, 0.2) is 0 Å². The molecule has 9 heteroatoms. The predicted octanol–water partition coefficient (Wildman–Crippen LogP) is 3.27. The lowest BCUT2D eigenvalue weighted by molar-refractivity contribution is 0.503. The molecule has 0 aromatic carbocycles. The van der Waals surface area contributed by atoms with E-state index in [9.17, 15) is 0 Å². The summed E-state index contributed by atoms with van der Waals surface area (Å²) in [4.78, 5) is 14.1. The summed E-state index contributed by atoms with van der Waals surface area (Å²) in [6.07, 6.45) is 8.02. The molecule has 6 rings (SSSR count). The molecular weight excluding hydrogens is 392 g/mol. The topological polar surface area (TPSA) is 101 Å². The number of anilines is 1. The van der Waals surface area contributed by atoms with Crippen LogP contribution in [0.5, 0.6) is 0 Å². The Morgan fingerprint density at radius 1 is 1.16 bits per heavy atom. The number of aryl methyl sites for hydroxylation is 2. The van der Waals surface area contributed by atoms with Gasteiger partial charge in [-0.3, -0.25) is 4.98 Å². The van der Waals surface area contributed by atoms with E-state index in [0.29, 0.717) is 18.5 Å². The number of H-pyrrole nitrogens is 1. The van der Waals surface area contributed by atoms with Gasteiger partial charge in [-0.05, 0) is 43.2 Å². The molecule has 0 radical (unpaired) electrons. The fraction of sp³-hybridized carbons (Fsp3) is 0.227. The molecule has 0 amide bonds. The van der Waals surface area contributed by atoms with Crippen LogP contribution in [-0.2, 0) is 6.42 Å². The van der Waals surface area contributed by atoms with Crippen molar-refractivity contribution in [1.29, 1.82) is 0 Å². The molecule has 0 unspecified atom stereocenters. The molecule has 1 N–H and O–H groups in total. The second-order valence-electron chi connectivity index (χ2n) is 7.78. The summed E-state index contributed by atoms with van der Waals surface area (Å²) in [7, 11) is 0. The van der Waals surface area contributed by atoms with E-state index in [4.69, 9.17) is 9.52 Å². The average Bonchev–Trinajstić information content (AvgIpc) is 3.52. The first-order valence-electron chi connectivity index (χ1n) is 10.2. The molecule has 1 aliphatic heterocycles. The van der Waals surface area contributed by atoms with Gasteiger partial charge in [0.2, 0.25) is 5.89 Å². The molecule has 0 aliphatic carbocycles. The van der Waals surface area contributed by atoms with E-state index in [1.807, 2.05) is 29.8 Å². The van der Waals surface area contributed by atoms with Crippen LogP contribution in [0.3, 0.4) is 0 Å². The molecule has 0 spiro atoms. The number of imidazole rings is 1. The molecule has 0 saturated heterocycles. The largest absolute Gasteiger partial charge is 0.403 e. The van der Waals surface area contributed by atoms with E-state index in [-0.39, 0.29) is 6.04 Å². The molecule has 0 fully saturated rings. The molecule has 0 bridgehead atoms. The Morgan fingerprint density at radius 3 is 2.97 bits per heavy atom. The van der Waals surface area contributed by atoms with Gasteiger partial charge in [0, 0.05) is 42.8 Å². The number of nitrogens with one attached hydrogen (secondary N) is 1. The number of aromatic amines is 1. The van der Waals surface area contributed by atoms with Gasteiger partial charge in [0.25, 0.3) is 0 Å². The number of rotatable bonds is 3. The van der Waals surface area contributed by atoms with E-state index in [0.717, 1.165) is 40.1 Å². The monoisotopic (exact) mass is 412 g/mol. The van der Waals surface area contributed by atoms with Crippen molar-refractivity contribution < 1.29 is 4.42 Å². The molecule has 5 aromatic rings. The molecule has 154 valence electrons. The van der Waals surface area contributed by atoms with Gasteiger partial charge in [0.05, 0.1) is 23.2 Å². The van der Waals surface area contributed by atoms with Crippen molar-refractivity contribution in [2.45, 2.75) is 26.3 Å². The summed E-state index contributed by atoms with van der Waals surface area (Å²) in [6.45, 7) is 4.77. The second kappa shape index (κ2) is 6.76. The van der Waals surface area contributed by atoms with Crippen molar-refractivity contribution in [2.75, 3.05) is 11.4 Å². The van der Waals surface area contributed by atoms with Gasteiger partial charge >= 0.3 is 6.01 Å². The zero-order valence-electron chi connectivity index (χ0n) is 17.1. The molecule has 5 aromatic heterocycles. The van der Waals surface area contributed by atoms with Crippen LogP contribution in [0.25, 0.3) is 17.0 Å². The van der Waals surface area contributed by atoms with E-state index < -0.39 is 0 Å². The van der Waals surface area contributed by atoms with Crippen molar-refractivity contribution in [3.63, 3.8) is 0 Å². The number of hydrogen-bond acceptors (Lipinski definition) is 7. The highest BCUT2D eigenvalue weighted by atomic mass is 16.4. The van der Waals surface area contributed by atoms with Gasteiger partial charge in [-0.25, -0.2) is 9.50 Å². The quantitative estimate of drug-likeness (QED) is 0.485. The van der Waals surface area contributed by atoms with E-state index >= 15 is 0 Å². The van der Waals surface area contributed by atoms with Gasteiger partial charge in [-0.15, -0.1) is 5.10 Å². The van der Waals surface area contributed by atoms with Crippen molar-refractivity contribution in [3.8, 4) is 11.5 Å². The lowest BCUT2D eigenvalue weighted by Crippen LogP contribution is -2.36. The predicted molar refractivity (Wildman–Crippen MR) is 114 cm³/mol. The van der Waals surface area contributed by atoms with Crippen LogP contribution in [-0.4, -0.2) is 41.3 Å². The van der Waals surface area contributed by atoms with Crippen LogP contribution >= 0.6 is 0 Å². The summed E-state index contributed by atoms with van der Waals surface area (Å²) < 4.78 is 8.04. The van der Waals surface area contributed by atoms with Crippen molar-refractivity contribution in [2.24, 2.45) is 0 Å². The first-order valence-corrected chi connectivity index (χ1v) is 10.2. The van der Waals surface area contributed by atoms with Crippen molar-refractivity contribution in [1.82, 2.24) is 34.8 Å². The maximum Gasteiger partial charge on any atom is 0.319 e. The zero-order valence-corrected chi connectivity index (χ0v) is 17.1. The van der Waals surface area contributed by atoms with E-state index in [2.05, 4.69) is 49.1 Å². The number of pyridine rings is 2. The second-order valence-corrected chi connectivity index (χ2v) is 7.78. The number of aromatic nitrogens is 7. The van der Waals surface area contributed by atoms with Crippen LogP contribution in [0, 0.1) is 13.8 Å². The zero-order chi connectivity index (χ0) is 20.9. The molecule has 9 nitrogen and oxygen atoms in total. The normalized spacial score (nSPS) is 16.1. The summed E-state index contributed by atoms with van der Waals surface area (Å²) >= 11 is 0. The minimum absolute atomic E-state index is 0.221. The SMILES string of the molecule is Cc1cnccc1-c1nnc(N2CCc3[nH]cnc3[C@H]2c2cc3c(C)cccn3n2)o1. The Balaban J connectivity index is 1.46. The fourth-order valence-electron chi connectivity index (χ4n) is 4.25. The Hall–Kier alpha value is -4.01. The van der Waals surface area contributed by atoms with E-state index in [1.165, 1.54) is 5.56 Å². The number of fused-ring (bicyclic) bond motifs is 2. The van der Waals surface area contributed by atoms with Gasteiger partial charge < -0.3 is 14.3 Å². The Morgan fingerprint density at radius 2 is 2.10 bits per heavy atom. The van der Waals surface area contributed by atoms with Crippen LogP contribution < -0.4 is 4.90 Å². The minimum Gasteiger partial charge on any atom is -0.403 e. The highest BCUT2D eigenvalue weighted by Gasteiger charge is 2.36. The molecule has 0 saturated carbocycles. The van der Waals surface area contributed by atoms with Crippen LogP contribution in [0.4, 0.5) is 6.01 Å². The van der Waals surface area contributed by atoms with Crippen LogP contribution in [0.15, 0.2) is 53.6 Å². The first-order chi connectivity index (χ1) is 15.2. The molecule has 31 heavy (non-hydrogen) atoms. The van der Waals surface area contributed by atoms with Gasteiger partial charge in [-0.1, -0.05) is 11.2 Å². The Kier molecular flexibility index (Phi) is 3.89. The third-order valence-electron chi connectivity index (χ3n) is 5.85. The number of nitrogens with zero attached hydrogens (tertiary/aromatic N) is 7. The molecular formula is C22H20N8O. The average molecular weight is 412 g/mol. The smallest absolute Gasteiger partial charge is 0.319 e. The third-order valence-corrected chi connectivity index (χ3v) is 5.85. The summed E-state index contributed by atoms with van der Waals surface area (Å²) in [6, 6.07) is 8.32. The summed E-state index contributed by atoms with van der Waals surface area (Å²) in [5.74, 6) is 0.479. The van der Waals surface area contributed by atoms with Crippen LogP contribution in [0.2, 0.25) is 0 Å². The van der Waals surface area contributed by atoms with Crippen molar-refractivity contribution in [3.05, 3.63) is 77.4 Å². The van der Waals surface area contributed by atoms with E-state index in [1.54, 1.807) is 18.7 Å². The lowest BCUT2D eigenvalue weighted by atomic mass is 10.00. The minimum atomic E-state index is -0.221. The Bertz CT molecular complexity index is 1400. The summed E-state index contributed by atoms with van der Waals surface area (Å²) in [5.41, 5.74) is 7.04. The van der Waals surface area contributed by atoms with Crippen LogP contribution in [0.1, 0.15) is 34.3 Å². The lowest BCUT2D eigenvalue weighted by Gasteiger charge is -2.32. The Labute approximate surface area is 177 Å². The maximum atomic E-state index is 6.13. The fourth-order valence-corrected chi connectivity index (χ4v) is 4.25. The first kappa shape index (κ1) is 17.8. The highest BCUT2D eigenvalue weighted by molar-refractivity contribution is 5.59. The number of hydrogen-bond donors (Lipinski definition) is 1.